The average Bonchev–Trinajstić information content (AvgIpc) is 2.62. The molecule has 0 aromatic carbocycles. The quantitative estimate of drug-likeness (QED) is 0.729. The van der Waals surface area contributed by atoms with Gasteiger partial charge in [0.25, 0.3) is 5.56 Å². The van der Waals surface area contributed by atoms with Gasteiger partial charge in [0.15, 0.2) is 5.65 Å². The molecule has 2 heterocycles. The van der Waals surface area contributed by atoms with Crippen molar-refractivity contribution in [2.24, 2.45) is 5.92 Å². The van der Waals surface area contributed by atoms with E-state index in [-0.39, 0.29) is 18.0 Å². The zero-order valence-electron chi connectivity index (χ0n) is 18.1. The van der Waals surface area contributed by atoms with E-state index >= 15 is 0 Å². The lowest BCUT2D eigenvalue weighted by molar-refractivity contribution is -0.131. The van der Waals surface area contributed by atoms with Gasteiger partial charge in [0.1, 0.15) is 17.8 Å². The van der Waals surface area contributed by atoms with Crippen molar-refractivity contribution in [1.29, 1.82) is 0 Å². The first-order chi connectivity index (χ1) is 13.1. The van der Waals surface area contributed by atoms with Crippen molar-refractivity contribution in [3.63, 3.8) is 0 Å². The maximum Gasteiger partial charge on any atom is 0.274 e. The lowest BCUT2D eigenvalue weighted by Crippen LogP contribution is -2.40. The Morgan fingerprint density at radius 3 is 2.46 bits per heavy atom. The maximum atomic E-state index is 13.2. The lowest BCUT2D eigenvalue weighted by atomic mass is 9.92. The van der Waals surface area contributed by atoms with Gasteiger partial charge in [-0.2, -0.15) is 4.98 Å². The van der Waals surface area contributed by atoms with Gasteiger partial charge in [-0.15, -0.1) is 0 Å². The van der Waals surface area contributed by atoms with Gasteiger partial charge in [0.05, 0.1) is 7.11 Å². The van der Waals surface area contributed by atoms with Crippen LogP contribution in [0.15, 0.2) is 16.9 Å². The van der Waals surface area contributed by atoms with Crippen molar-refractivity contribution < 1.29 is 9.53 Å². The topological polar surface area (TPSA) is 77.3 Å². The van der Waals surface area contributed by atoms with Crippen LogP contribution in [0.25, 0.3) is 11.2 Å². The third-order valence-electron chi connectivity index (χ3n) is 4.69. The van der Waals surface area contributed by atoms with E-state index in [1.807, 2.05) is 27.7 Å². The zero-order chi connectivity index (χ0) is 21.1. The number of rotatable bonds is 7. The van der Waals surface area contributed by atoms with E-state index in [0.29, 0.717) is 41.7 Å². The standard InChI is InChI=1S/C21H32N4O3/c1-8-24(12-11-14(2)3)17(26)13-25-19-15(9-10-16(23-19)28-7)22-18(20(25)27)21(4,5)6/h9-10,14H,8,11-13H2,1-7H3. The smallest absolute Gasteiger partial charge is 0.274 e. The van der Waals surface area contributed by atoms with E-state index in [4.69, 9.17) is 4.74 Å². The summed E-state index contributed by atoms with van der Waals surface area (Å²) in [5.74, 6) is 0.789. The number of nitrogens with zero attached hydrogens (tertiary/aromatic N) is 4. The van der Waals surface area contributed by atoms with Gasteiger partial charge in [-0.05, 0) is 25.3 Å². The molecular weight excluding hydrogens is 356 g/mol. The number of hydrogen-bond acceptors (Lipinski definition) is 5. The van der Waals surface area contributed by atoms with Gasteiger partial charge in [0.2, 0.25) is 11.8 Å². The number of likely N-dealkylation sites (N-methyl/N-ethyl adjacent to an activating group) is 1. The van der Waals surface area contributed by atoms with E-state index < -0.39 is 5.41 Å². The summed E-state index contributed by atoms with van der Waals surface area (Å²) in [4.78, 5) is 36.9. The van der Waals surface area contributed by atoms with Crippen molar-refractivity contribution >= 4 is 17.1 Å². The normalized spacial score (nSPS) is 11.9. The van der Waals surface area contributed by atoms with Crippen LogP contribution in [0.3, 0.4) is 0 Å². The van der Waals surface area contributed by atoms with E-state index in [2.05, 4.69) is 23.8 Å². The summed E-state index contributed by atoms with van der Waals surface area (Å²) in [5, 5.41) is 0. The number of fused-ring (bicyclic) bond motifs is 1. The van der Waals surface area contributed by atoms with Crippen LogP contribution in [0.4, 0.5) is 0 Å². The summed E-state index contributed by atoms with van der Waals surface area (Å²) in [6.45, 7) is 13.2. The van der Waals surface area contributed by atoms with Crippen LogP contribution in [0, 0.1) is 5.92 Å². The highest BCUT2D eigenvalue weighted by Crippen LogP contribution is 2.21. The van der Waals surface area contributed by atoms with Crippen molar-refractivity contribution in [1.82, 2.24) is 19.4 Å². The molecule has 0 saturated carbocycles. The molecule has 7 nitrogen and oxygen atoms in total. The number of methoxy groups -OCH3 is 1. The average molecular weight is 389 g/mol. The van der Waals surface area contributed by atoms with Crippen LogP contribution in [0.2, 0.25) is 0 Å². The molecule has 2 aromatic heterocycles. The van der Waals surface area contributed by atoms with Gasteiger partial charge >= 0.3 is 0 Å². The molecule has 0 atom stereocenters. The fourth-order valence-corrected chi connectivity index (χ4v) is 2.96. The van der Waals surface area contributed by atoms with E-state index in [9.17, 15) is 9.59 Å². The van der Waals surface area contributed by atoms with Crippen LogP contribution in [0.5, 0.6) is 5.88 Å². The van der Waals surface area contributed by atoms with Crippen LogP contribution in [0.1, 0.15) is 53.7 Å². The molecule has 154 valence electrons. The molecule has 0 N–H and O–H groups in total. The second kappa shape index (κ2) is 8.71. The molecule has 0 fully saturated rings. The highest BCUT2D eigenvalue weighted by molar-refractivity contribution is 5.79. The molecule has 0 spiro atoms. The van der Waals surface area contributed by atoms with Crippen molar-refractivity contribution in [3.8, 4) is 5.88 Å². The van der Waals surface area contributed by atoms with Crippen LogP contribution < -0.4 is 10.3 Å². The highest BCUT2D eigenvalue weighted by atomic mass is 16.5. The number of amides is 1. The molecule has 0 saturated heterocycles. The Morgan fingerprint density at radius 1 is 1.25 bits per heavy atom. The van der Waals surface area contributed by atoms with E-state index in [1.165, 1.54) is 11.7 Å². The highest BCUT2D eigenvalue weighted by Gasteiger charge is 2.25. The van der Waals surface area contributed by atoms with E-state index in [0.717, 1.165) is 6.42 Å². The summed E-state index contributed by atoms with van der Waals surface area (Å²) < 4.78 is 6.64. The molecule has 0 aliphatic rings. The Morgan fingerprint density at radius 2 is 1.93 bits per heavy atom. The number of ether oxygens (including phenoxy) is 1. The summed E-state index contributed by atoms with van der Waals surface area (Å²) in [7, 11) is 1.52. The Bertz CT molecular complexity index is 897. The minimum absolute atomic E-state index is 0.0625. The van der Waals surface area contributed by atoms with Crippen molar-refractivity contribution in [3.05, 3.63) is 28.2 Å². The third kappa shape index (κ3) is 4.88. The minimum atomic E-state index is -0.446. The summed E-state index contributed by atoms with van der Waals surface area (Å²) in [6, 6.07) is 3.48. The lowest BCUT2D eigenvalue weighted by Gasteiger charge is -2.24. The summed E-state index contributed by atoms with van der Waals surface area (Å²) >= 11 is 0. The molecule has 2 rings (SSSR count). The number of carbonyl (C=O) groups excluding carboxylic acids is 1. The van der Waals surface area contributed by atoms with Crippen molar-refractivity contribution in [2.45, 2.75) is 59.9 Å². The molecular formula is C21H32N4O3. The third-order valence-corrected chi connectivity index (χ3v) is 4.69. The van der Waals surface area contributed by atoms with Crippen LogP contribution in [-0.4, -0.2) is 45.5 Å². The van der Waals surface area contributed by atoms with Gasteiger partial charge in [-0.3, -0.25) is 14.2 Å². The number of pyridine rings is 1. The Kier molecular flexibility index (Phi) is 6.80. The molecule has 0 bridgehead atoms. The molecule has 0 aliphatic carbocycles. The number of hydrogen-bond donors (Lipinski definition) is 0. The fourth-order valence-electron chi connectivity index (χ4n) is 2.96. The van der Waals surface area contributed by atoms with Gasteiger partial charge < -0.3 is 9.64 Å². The van der Waals surface area contributed by atoms with Crippen LogP contribution >= 0.6 is 0 Å². The largest absolute Gasteiger partial charge is 0.481 e. The predicted octanol–water partition coefficient (Wildman–Crippen LogP) is 2.99. The Hall–Kier alpha value is -2.44. The van der Waals surface area contributed by atoms with Gasteiger partial charge in [0, 0.05) is 24.6 Å². The summed E-state index contributed by atoms with van der Waals surface area (Å²) in [6.07, 6.45) is 0.922. The molecule has 0 aliphatic heterocycles. The summed E-state index contributed by atoms with van der Waals surface area (Å²) in [5.41, 5.74) is 0.630. The zero-order valence-corrected chi connectivity index (χ0v) is 18.1. The molecule has 2 aromatic rings. The molecule has 1 amide bonds. The predicted molar refractivity (Wildman–Crippen MR) is 111 cm³/mol. The second-order valence-electron chi connectivity index (χ2n) is 8.45. The molecule has 7 heteroatoms. The fraction of sp³-hybridized carbons (Fsp3) is 0.619. The first kappa shape index (κ1) is 21.9. The Balaban J connectivity index is 2.55. The SMILES string of the molecule is CCN(CCC(C)C)C(=O)Cn1c(=O)c(C(C)(C)C)nc2ccc(OC)nc21. The second-order valence-corrected chi connectivity index (χ2v) is 8.45. The minimum Gasteiger partial charge on any atom is -0.481 e. The van der Waals surface area contributed by atoms with Crippen molar-refractivity contribution in [2.75, 3.05) is 20.2 Å². The van der Waals surface area contributed by atoms with Gasteiger partial charge in [-0.25, -0.2) is 4.98 Å². The Labute approximate surface area is 166 Å². The number of aromatic nitrogens is 3. The molecule has 28 heavy (non-hydrogen) atoms. The van der Waals surface area contributed by atoms with E-state index in [1.54, 1.807) is 17.0 Å². The monoisotopic (exact) mass is 388 g/mol. The van der Waals surface area contributed by atoms with Crippen LogP contribution in [-0.2, 0) is 16.8 Å². The maximum absolute atomic E-state index is 13.2. The number of carbonyl (C=O) groups is 1. The first-order valence-corrected chi connectivity index (χ1v) is 9.82. The molecule has 0 unspecified atom stereocenters. The van der Waals surface area contributed by atoms with Gasteiger partial charge in [-0.1, -0.05) is 34.6 Å². The molecule has 0 radical (unpaired) electrons. The first-order valence-electron chi connectivity index (χ1n) is 9.82.